The molecule has 3 fully saturated rings. The third-order valence-electron chi connectivity index (χ3n) is 4.37. The van der Waals surface area contributed by atoms with E-state index in [9.17, 15) is 18.5 Å². The van der Waals surface area contributed by atoms with E-state index < -0.39 is 39.0 Å². The molecule has 6 nitrogen and oxygen atoms in total. The van der Waals surface area contributed by atoms with Crippen molar-refractivity contribution >= 4 is 16.1 Å². The van der Waals surface area contributed by atoms with Gasteiger partial charge in [0.05, 0.1) is 6.07 Å². The number of fused-ring (bicyclic) bond motifs is 1. The number of hydrogen-bond donors (Lipinski definition) is 0. The Balaban J connectivity index is 1.93. The van der Waals surface area contributed by atoms with Gasteiger partial charge in [0.1, 0.15) is 12.2 Å². The Labute approximate surface area is 111 Å². The molecule has 2 saturated carbocycles. The molecular formula is C12H13NO5S. The predicted octanol–water partition coefficient (Wildman–Crippen LogP) is 0.505. The lowest BCUT2D eigenvalue weighted by molar-refractivity contribution is -0.151. The van der Waals surface area contributed by atoms with E-state index in [4.69, 9.17) is 8.92 Å². The van der Waals surface area contributed by atoms with Crippen LogP contribution in [-0.4, -0.2) is 31.3 Å². The van der Waals surface area contributed by atoms with E-state index in [1.165, 1.54) is 6.92 Å². The standard InChI is InChI=1S/C12H13NO5S/c1-6(2)11(14)17-9-7-3-8-10(9)18-19(15,16)12(8,4-7)5-13/h7-10H,1,3-4H2,2H3. The summed E-state index contributed by atoms with van der Waals surface area (Å²) in [5.41, 5.74) is 0.259. The summed E-state index contributed by atoms with van der Waals surface area (Å²) in [6.45, 7) is 5.02. The van der Waals surface area contributed by atoms with Gasteiger partial charge in [-0.05, 0) is 19.8 Å². The minimum absolute atomic E-state index is 0.129. The summed E-state index contributed by atoms with van der Waals surface area (Å²) in [5, 5.41) is 9.23. The van der Waals surface area contributed by atoms with Crippen molar-refractivity contribution in [3.05, 3.63) is 12.2 Å². The maximum absolute atomic E-state index is 12.0. The monoisotopic (exact) mass is 283 g/mol. The van der Waals surface area contributed by atoms with E-state index in [0.29, 0.717) is 6.42 Å². The molecule has 5 unspecified atom stereocenters. The highest BCUT2D eigenvalue weighted by atomic mass is 32.2. The molecule has 2 aliphatic carbocycles. The summed E-state index contributed by atoms with van der Waals surface area (Å²) in [4.78, 5) is 11.6. The summed E-state index contributed by atoms with van der Waals surface area (Å²) in [7, 11) is -3.91. The van der Waals surface area contributed by atoms with Gasteiger partial charge in [0.15, 0.2) is 4.75 Å². The van der Waals surface area contributed by atoms with Crippen LogP contribution in [0.3, 0.4) is 0 Å². The summed E-state index contributed by atoms with van der Waals surface area (Å²) >= 11 is 0. The van der Waals surface area contributed by atoms with E-state index >= 15 is 0 Å². The van der Waals surface area contributed by atoms with Gasteiger partial charge in [0, 0.05) is 17.4 Å². The molecule has 1 heterocycles. The summed E-state index contributed by atoms with van der Waals surface area (Å²) in [6, 6.07) is 1.92. The zero-order valence-corrected chi connectivity index (χ0v) is 11.1. The first kappa shape index (κ1) is 12.6. The molecule has 0 amide bonds. The predicted molar refractivity (Wildman–Crippen MR) is 63.0 cm³/mol. The van der Waals surface area contributed by atoms with Crippen LogP contribution < -0.4 is 0 Å². The van der Waals surface area contributed by atoms with Crippen LogP contribution in [0.1, 0.15) is 19.8 Å². The van der Waals surface area contributed by atoms with E-state index in [1.54, 1.807) is 0 Å². The fourth-order valence-electron chi connectivity index (χ4n) is 3.50. The number of carbonyl (C=O) groups excluding carboxylic acids is 1. The lowest BCUT2D eigenvalue weighted by Gasteiger charge is -2.27. The molecule has 7 heteroatoms. The molecule has 0 aromatic rings. The summed E-state index contributed by atoms with van der Waals surface area (Å²) in [5.74, 6) is -1.07. The molecule has 3 rings (SSSR count). The van der Waals surface area contributed by atoms with Crippen molar-refractivity contribution in [3.8, 4) is 6.07 Å². The second-order valence-corrected chi connectivity index (χ2v) is 7.30. The average molecular weight is 283 g/mol. The summed E-state index contributed by atoms with van der Waals surface area (Å²) in [6.07, 6.45) is -0.577. The molecule has 0 aromatic heterocycles. The molecule has 5 atom stereocenters. The maximum atomic E-state index is 12.0. The molecule has 0 radical (unpaired) electrons. The Morgan fingerprint density at radius 2 is 2.26 bits per heavy atom. The molecule has 1 saturated heterocycles. The molecule has 0 aromatic carbocycles. The van der Waals surface area contributed by atoms with Crippen LogP contribution >= 0.6 is 0 Å². The lowest BCUT2D eigenvalue weighted by atomic mass is 9.85. The fraction of sp³-hybridized carbons (Fsp3) is 0.667. The third-order valence-corrected chi connectivity index (χ3v) is 6.30. The highest BCUT2D eigenvalue weighted by Gasteiger charge is 2.74. The van der Waals surface area contributed by atoms with Gasteiger partial charge in [-0.2, -0.15) is 13.7 Å². The van der Waals surface area contributed by atoms with Crippen molar-refractivity contribution < 1.29 is 22.1 Å². The number of ether oxygens (including phenoxy) is 1. The molecule has 102 valence electrons. The number of rotatable bonds is 2. The Hall–Kier alpha value is -1.39. The highest BCUT2D eigenvalue weighted by molar-refractivity contribution is 7.88. The van der Waals surface area contributed by atoms with Crippen LogP contribution in [0.25, 0.3) is 0 Å². The van der Waals surface area contributed by atoms with Crippen molar-refractivity contribution in [1.29, 1.82) is 5.26 Å². The second kappa shape index (κ2) is 3.58. The third kappa shape index (κ3) is 1.38. The van der Waals surface area contributed by atoms with Gasteiger partial charge >= 0.3 is 5.97 Å². The average Bonchev–Trinajstić information content (AvgIpc) is 2.89. The molecule has 1 aliphatic heterocycles. The fourth-order valence-corrected chi connectivity index (χ4v) is 5.34. The molecule has 0 N–H and O–H groups in total. The number of esters is 1. The van der Waals surface area contributed by atoms with Crippen molar-refractivity contribution in [1.82, 2.24) is 0 Å². The van der Waals surface area contributed by atoms with E-state index in [1.807, 2.05) is 6.07 Å². The minimum Gasteiger partial charge on any atom is -0.456 e. The first-order valence-corrected chi connectivity index (χ1v) is 7.44. The van der Waals surface area contributed by atoms with Crippen LogP contribution in [-0.2, 0) is 23.8 Å². The van der Waals surface area contributed by atoms with Crippen LogP contribution in [0.15, 0.2) is 12.2 Å². The second-order valence-electron chi connectivity index (χ2n) is 5.47. The molecule has 0 spiro atoms. The van der Waals surface area contributed by atoms with Crippen LogP contribution in [0.4, 0.5) is 0 Å². The zero-order valence-electron chi connectivity index (χ0n) is 10.3. The van der Waals surface area contributed by atoms with Crippen molar-refractivity contribution in [3.63, 3.8) is 0 Å². The zero-order chi connectivity index (χ0) is 14.0. The Kier molecular flexibility index (Phi) is 2.38. The van der Waals surface area contributed by atoms with Gasteiger partial charge in [-0.1, -0.05) is 6.58 Å². The van der Waals surface area contributed by atoms with Crippen LogP contribution in [0.5, 0.6) is 0 Å². The van der Waals surface area contributed by atoms with Crippen molar-refractivity contribution in [2.45, 2.75) is 36.7 Å². The molecule has 2 bridgehead atoms. The van der Waals surface area contributed by atoms with Crippen LogP contribution in [0, 0.1) is 23.2 Å². The van der Waals surface area contributed by atoms with Gasteiger partial charge in [-0.3, -0.25) is 4.18 Å². The highest BCUT2D eigenvalue weighted by Crippen LogP contribution is 2.61. The van der Waals surface area contributed by atoms with Gasteiger partial charge in [-0.25, -0.2) is 4.79 Å². The molecular weight excluding hydrogens is 270 g/mol. The Morgan fingerprint density at radius 3 is 2.84 bits per heavy atom. The van der Waals surface area contributed by atoms with Gasteiger partial charge in [0.25, 0.3) is 10.1 Å². The maximum Gasteiger partial charge on any atom is 0.333 e. The van der Waals surface area contributed by atoms with Crippen molar-refractivity contribution in [2.75, 3.05) is 0 Å². The SMILES string of the molecule is C=C(C)C(=O)OC1C2CC3C1OS(=O)(=O)C3(C#N)C2. The summed E-state index contributed by atoms with van der Waals surface area (Å²) < 4.78 is 32.9. The lowest BCUT2D eigenvalue weighted by Crippen LogP contribution is -2.43. The molecule has 19 heavy (non-hydrogen) atoms. The van der Waals surface area contributed by atoms with E-state index in [2.05, 4.69) is 6.58 Å². The van der Waals surface area contributed by atoms with Gasteiger partial charge in [0.2, 0.25) is 0 Å². The minimum atomic E-state index is -3.91. The first-order chi connectivity index (χ1) is 8.82. The van der Waals surface area contributed by atoms with Gasteiger partial charge in [-0.15, -0.1) is 0 Å². The van der Waals surface area contributed by atoms with Crippen LogP contribution in [0.2, 0.25) is 0 Å². The largest absolute Gasteiger partial charge is 0.456 e. The Bertz CT molecular complexity index is 619. The van der Waals surface area contributed by atoms with Crippen molar-refractivity contribution in [2.24, 2.45) is 11.8 Å². The smallest absolute Gasteiger partial charge is 0.333 e. The number of nitriles is 1. The quantitative estimate of drug-likeness (QED) is 0.416. The van der Waals surface area contributed by atoms with E-state index in [0.717, 1.165) is 0 Å². The normalized spacial score (nSPS) is 44.8. The molecule has 3 aliphatic rings. The number of nitrogens with zero attached hydrogens (tertiary/aromatic N) is 1. The van der Waals surface area contributed by atoms with E-state index in [-0.39, 0.29) is 17.9 Å². The topological polar surface area (TPSA) is 93.5 Å². The number of carbonyl (C=O) groups is 1. The Morgan fingerprint density at radius 1 is 1.58 bits per heavy atom. The van der Waals surface area contributed by atoms with Gasteiger partial charge < -0.3 is 4.74 Å². The first-order valence-electron chi connectivity index (χ1n) is 6.03. The number of hydrogen-bond acceptors (Lipinski definition) is 6.